The maximum atomic E-state index is 11.4. The van der Waals surface area contributed by atoms with Crippen LogP contribution in [0.15, 0.2) is 69.0 Å². The second kappa shape index (κ2) is 10.1. The van der Waals surface area contributed by atoms with E-state index in [1.165, 1.54) is 6.92 Å². The van der Waals surface area contributed by atoms with Gasteiger partial charge >= 0.3 is 0 Å². The fraction of sp³-hybridized carbons (Fsp3) is 0.304. The lowest BCUT2D eigenvalue weighted by atomic mass is 9.90. The van der Waals surface area contributed by atoms with Crippen LogP contribution in [-0.2, 0) is 4.79 Å². The zero-order valence-corrected chi connectivity index (χ0v) is 18.2. The largest absolute Gasteiger partial charge is 0.449 e. The number of benzene rings is 2. The maximum Gasteiger partial charge on any atom is 0.217 e. The molecule has 3 aromatic rings. The third-order valence-corrected chi connectivity index (χ3v) is 5.92. The number of aromatic nitrogens is 1. The molecule has 1 heterocycles. The number of carbonyl (C=O) groups excluding carboxylic acids is 1. The molecule has 0 radical (unpaired) electrons. The second-order valence-corrected chi connectivity index (χ2v) is 8.59. The molecular formula is C23H26N2O5S. The van der Waals surface area contributed by atoms with E-state index in [4.69, 9.17) is 4.42 Å². The van der Waals surface area contributed by atoms with Gasteiger partial charge < -0.3 is 25.1 Å². The summed E-state index contributed by atoms with van der Waals surface area (Å²) in [5.74, 6) is 0.245. The monoisotopic (exact) mass is 442 g/mol. The first-order valence-electron chi connectivity index (χ1n) is 9.83. The van der Waals surface area contributed by atoms with E-state index in [0.717, 1.165) is 21.0 Å². The number of amides is 1. The Bertz CT molecular complexity index is 998. The summed E-state index contributed by atoms with van der Waals surface area (Å²) in [6.45, 7) is 2.16. The van der Waals surface area contributed by atoms with Crippen molar-refractivity contribution in [3.63, 3.8) is 0 Å². The summed E-state index contributed by atoms with van der Waals surface area (Å²) in [5.41, 5.74) is 1.14. The lowest BCUT2D eigenvalue weighted by Gasteiger charge is -2.32. The van der Waals surface area contributed by atoms with Gasteiger partial charge in [-0.25, -0.2) is 4.98 Å². The Morgan fingerprint density at radius 2 is 1.68 bits per heavy atom. The molecule has 164 valence electrons. The van der Waals surface area contributed by atoms with Crippen LogP contribution in [0.25, 0.3) is 11.3 Å². The minimum absolute atomic E-state index is 0.00491. The highest BCUT2D eigenvalue weighted by Crippen LogP contribution is 2.31. The molecule has 0 aliphatic rings. The molecule has 0 aliphatic carbocycles. The van der Waals surface area contributed by atoms with E-state index in [1.54, 1.807) is 30.2 Å². The highest BCUT2D eigenvalue weighted by molar-refractivity contribution is 7.99. The van der Waals surface area contributed by atoms with Crippen molar-refractivity contribution in [2.45, 2.75) is 41.7 Å². The van der Waals surface area contributed by atoms with Crippen LogP contribution in [-0.4, -0.2) is 45.0 Å². The Morgan fingerprint density at radius 3 is 2.16 bits per heavy atom. The molecule has 0 bridgehead atoms. The Hall–Kier alpha value is -2.65. The fourth-order valence-corrected chi connectivity index (χ4v) is 4.07. The van der Waals surface area contributed by atoms with Crippen molar-refractivity contribution in [3.8, 4) is 11.3 Å². The van der Waals surface area contributed by atoms with E-state index >= 15 is 0 Å². The van der Waals surface area contributed by atoms with E-state index < -0.39 is 24.9 Å². The van der Waals surface area contributed by atoms with Crippen LogP contribution in [0, 0.1) is 6.92 Å². The third kappa shape index (κ3) is 5.95. The first kappa shape index (κ1) is 23.0. The van der Waals surface area contributed by atoms with Gasteiger partial charge in [-0.1, -0.05) is 36.0 Å². The van der Waals surface area contributed by atoms with Gasteiger partial charge in [-0.15, -0.1) is 0 Å². The van der Waals surface area contributed by atoms with Gasteiger partial charge in [-0.2, -0.15) is 0 Å². The van der Waals surface area contributed by atoms with E-state index in [2.05, 4.69) is 10.3 Å². The zero-order chi connectivity index (χ0) is 22.4. The third-order valence-electron chi connectivity index (χ3n) is 4.90. The lowest BCUT2D eigenvalue weighted by molar-refractivity contribution is -0.122. The van der Waals surface area contributed by atoms with Crippen molar-refractivity contribution in [1.82, 2.24) is 10.3 Å². The van der Waals surface area contributed by atoms with Gasteiger partial charge in [0.2, 0.25) is 5.91 Å². The van der Waals surface area contributed by atoms with E-state index in [0.29, 0.717) is 11.5 Å². The molecule has 7 nitrogen and oxygen atoms in total. The number of aliphatic hydroxyl groups excluding tert-OH is 3. The molecule has 1 amide bonds. The van der Waals surface area contributed by atoms with Crippen molar-refractivity contribution < 1.29 is 24.5 Å². The molecule has 31 heavy (non-hydrogen) atoms. The number of aryl methyl sites for hydroxylation is 1. The fourth-order valence-electron chi connectivity index (χ4n) is 3.25. The van der Waals surface area contributed by atoms with Crippen molar-refractivity contribution >= 4 is 17.7 Å². The Labute approximate surface area is 185 Å². The number of aliphatic hydroxyl groups is 3. The maximum absolute atomic E-state index is 11.4. The molecule has 4 N–H and O–H groups in total. The topological polar surface area (TPSA) is 116 Å². The summed E-state index contributed by atoms with van der Waals surface area (Å²) >= 11 is 1.59. The normalized spacial score (nSPS) is 12.5. The standard InChI is InChI=1S/C23H26N2O5S/c1-15(28)25-23(13-26,14-27)11-22(29)18-5-9-20(10-6-18)31-19-7-3-17(4-8-19)21-12-30-16(2)24-21/h3-10,12,22,26-27,29H,11,13-14H2,1-2H3,(H,25,28). The highest BCUT2D eigenvalue weighted by Gasteiger charge is 2.33. The van der Waals surface area contributed by atoms with Gasteiger partial charge in [0.25, 0.3) is 0 Å². The second-order valence-electron chi connectivity index (χ2n) is 7.44. The van der Waals surface area contributed by atoms with Gasteiger partial charge in [0.15, 0.2) is 5.89 Å². The van der Waals surface area contributed by atoms with E-state index in [-0.39, 0.29) is 12.3 Å². The number of hydrogen-bond donors (Lipinski definition) is 4. The molecule has 0 saturated heterocycles. The minimum atomic E-state index is -1.27. The molecule has 2 aromatic carbocycles. The molecule has 0 spiro atoms. The van der Waals surface area contributed by atoms with Crippen molar-refractivity contribution in [2.75, 3.05) is 13.2 Å². The Balaban J connectivity index is 1.65. The summed E-state index contributed by atoms with van der Waals surface area (Å²) in [5, 5.41) is 32.3. The molecule has 1 aromatic heterocycles. The van der Waals surface area contributed by atoms with Crippen molar-refractivity contribution in [2.24, 2.45) is 0 Å². The molecule has 8 heteroatoms. The predicted molar refractivity (Wildman–Crippen MR) is 118 cm³/mol. The average molecular weight is 443 g/mol. The molecule has 1 unspecified atom stereocenters. The van der Waals surface area contributed by atoms with Gasteiger partial charge in [-0.05, 0) is 29.8 Å². The lowest BCUT2D eigenvalue weighted by Crippen LogP contribution is -2.54. The molecule has 0 saturated carbocycles. The van der Waals surface area contributed by atoms with Gasteiger partial charge in [0, 0.05) is 35.6 Å². The van der Waals surface area contributed by atoms with Crippen LogP contribution < -0.4 is 5.32 Å². The van der Waals surface area contributed by atoms with Crippen molar-refractivity contribution in [1.29, 1.82) is 0 Å². The molecular weight excluding hydrogens is 416 g/mol. The molecule has 3 rings (SSSR count). The average Bonchev–Trinajstić information content (AvgIpc) is 3.20. The summed E-state index contributed by atoms with van der Waals surface area (Å²) in [7, 11) is 0. The van der Waals surface area contributed by atoms with Crippen LogP contribution in [0.2, 0.25) is 0 Å². The quantitative estimate of drug-likeness (QED) is 0.402. The summed E-state index contributed by atoms with van der Waals surface area (Å²) in [6, 6.07) is 15.4. The summed E-state index contributed by atoms with van der Waals surface area (Å²) in [4.78, 5) is 17.8. The van der Waals surface area contributed by atoms with Gasteiger partial charge in [-0.3, -0.25) is 4.79 Å². The molecule has 0 aliphatic heterocycles. The Kier molecular flexibility index (Phi) is 7.50. The number of rotatable bonds is 9. The number of carbonyl (C=O) groups is 1. The first-order valence-corrected chi connectivity index (χ1v) is 10.6. The first-order chi connectivity index (χ1) is 14.8. The predicted octanol–water partition coefficient (Wildman–Crippen LogP) is 3.08. The van der Waals surface area contributed by atoms with Crippen LogP contribution in [0.1, 0.15) is 30.9 Å². The highest BCUT2D eigenvalue weighted by atomic mass is 32.2. The van der Waals surface area contributed by atoms with Crippen LogP contribution in [0.4, 0.5) is 0 Å². The van der Waals surface area contributed by atoms with Crippen LogP contribution in [0.5, 0.6) is 0 Å². The van der Waals surface area contributed by atoms with Gasteiger partial charge in [0.05, 0.1) is 24.9 Å². The van der Waals surface area contributed by atoms with E-state index in [1.807, 2.05) is 43.3 Å². The zero-order valence-electron chi connectivity index (χ0n) is 17.4. The molecule has 0 fully saturated rings. The van der Waals surface area contributed by atoms with Crippen LogP contribution >= 0.6 is 11.8 Å². The number of nitrogens with zero attached hydrogens (tertiary/aromatic N) is 1. The smallest absolute Gasteiger partial charge is 0.217 e. The minimum Gasteiger partial charge on any atom is -0.449 e. The number of nitrogens with one attached hydrogen (secondary N) is 1. The van der Waals surface area contributed by atoms with Crippen LogP contribution in [0.3, 0.4) is 0 Å². The number of oxazole rings is 1. The van der Waals surface area contributed by atoms with E-state index in [9.17, 15) is 20.1 Å². The number of hydrogen-bond acceptors (Lipinski definition) is 7. The summed E-state index contributed by atoms with van der Waals surface area (Å²) in [6.07, 6.45) is 0.681. The van der Waals surface area contributed by atoms with Gasteiger partial charge in [0.1, 0.15) is 12.0 Å². The summed E-state index contributed by atoms with van der Waals surface area (Å²) < 4.78 is 5.25. The molecule has 1 atom stereocenters. The SMILES string of the molecule is CC(=O)NC(CO)(CO)CC(O)c1ccc(Sc2ccc(-c3coc(C)n3)cc2)cc1. The Morgan fingerprint density at radius 1 is 1.10 bits per heavy atom. The van der Waals surface area contributed by atoms with Crippen molar-refractivity contribution in [3.05, 3.63) is 66.2 Å².